The number of hydrogen-bond donors (Lipinski definition) is 1. The number of rotatable bonds is 4. The minimum Gasteiger partial charge on any atom is -0.337 e. The summed E-state index contributed by atoms with van der Waals surface area (Å²) in [4.78, 5) is 12.3. The number of amides is 1. The van der Waals surface area contributed by atoms with Crippen LogP contribution in [0.3, 0.4) is 0 Å². The minimum atomic E-state index is -4.40. The van der Waals surface area contributed by atoms with Crippen LogP contribution in [-0.4, -0.2) is 17.2 Å². The zero-order valence-electron chi connectivity index (χ0n) is 11.7. The lowest BCUT2D eigenvalue weighted by atomic mass is 10.0. The van der Waals surface area contributed by atoms with Crippen LogP contribution >= 0.6 is 11.8 Å². The first-order chi connectivity index (χ1) is 10.3. The molecule has 0 unspecified atom stereocenters. The molecule has 2 rings (SSSR count). The van der Waals surface area contributed by atoms with Gasteiger partial charge in [-0.2, -0.15) is 18.4 Å². The van der Waals surface area contributed by atoms with Crippen molar-refractivity contribution in [3.05, 3.63) is 29.8 Å². The molecule has 1 aromatic rings. The third-order valence-electron chi connectivity index (χ3n) is 3.58. The van der Waals surface area contributed by atoms with Crippen molar-refractivity contribution in [1.29, 1.82) is 5.26 Å². The summed E-state index contributed by atoms with van der Waals surface area (Å²) in [6, 6.07) is 7.01. The molecule has 1 aliphatic rings. The van der Waals surface area contributed by atoms with Crippen LogP contribution in [0.2, 0.25) is 0 Å². The number of carbonyl (C=O) groups excluding carboxylic acids is 1. The van der Waals surface area contributed by atoms with Gasteiger partial charge in [-0.15, -0.1) is 11.8 Å². The van der Waals surface area contributed by atoms with Gasteiger partial charge in [-0.05, 0) is 43.9 Å². The second-order valence-electron chi connectivity index (χ2n) is 5.26. The highest BCUT2D eigenvalue weighted by atomic mass is 32.2. The molecule has 0 aromatic heterocycles. The second-order valence-corrected chi connectivity index (χ2v) is 6.31. The van der Waals surface area contributed by atoms with Gasteiger partial charge in [0.25, 0.3) is 0 Å². The van der Waals surface area contributed by atoms with Gasteiger partial charge in [0, 0.05) is 4.90 Å². The molecular weight excluding hydrogens is 313 g/mol. The van der Waals surface area contributed by atoms with E-state index in [0.29, 0.717) is 17.7 Å². The number of halogens is 3. The topological polar surface area (TPSA) is 52.9 Å². The summed E-state index contributed by atoms with van der Waals surface area (Å²) in [5, 5.41) is 11.9. The number of thioether (sulfide) groups is 1. The van der Waals surface area contributed by atoms with E-state index in [1.54, 1.807) is 0 Å². The van der Waals surface area contributed by atoms with E-state index in [2.05, 4.69) is 11.4 Å². The fraction of sp³-hybridized carbons (Fsp3) is 0.467. The number of nitrogens with zero attached hydrogens (tertiary/aromatic N) is 1. The van der Waals surface area contributed by atoms with Crippen LogP contribution in [0, 0.1) is 11.3 Å². The van der Waals surface area contributed by atoms with E-state index < -0.39 is 17.3 Å². The summed E-state index contributed by atoms with van der Waals surface area (Å²) in [5.74, 6) is -0.337. The van der Waals surface area contributed by atoms with Gasteiger partial charge in [-0.3, -0.25) is 4.79 Å². The maximum atomic E-state index is 12.6. The van der Waals surface area contributed by atoms with E-state index >= 15 is 0 Å². The fourth-order valence-corrected chi connectivity index (χ4v) is 3.21. The predicted molar refractivity (Wildman–Crippen MR) is 77.1 cm³/mol. The molecule has 0 atom stereocenters. The Morgan fingerprint density at radius 2 is 2.05 bits per heavy atom. The predicted octanol–water partition coefficient (Wildman–Crippen LogP) is 3.75. The molecule has 3 nitrogen and oxygen atoms in total. The van der Waals surface area contributed by atoms with Crippen molar-refractivity contribution in [1.82, 2.24) is 5.32 Å². The van der Waals surface area contributed by atoms with Crippen LogP contribution in [0.15, 0.2) is 29.2 Å². The third kappa shape index (κ3) is 4.17. The van der Waals surface area contributed by atoms with Crippen LogP contribution in [-0.2, 0) is 11.0 Å². The SMILES string of the molecule is N#CC1(NC(=O)CSc2cccc(C(F)(F)F)c2)CCCC1. The molecule has 1 N–H and O–H groups in total. The van der Waals surface area contributed by atoms with Crippen molar-refractivity contribution < 1.29 is 18.0 Å². The van der Waals surface area contributed by atoms with E-state index in [-0.39, 0.29) is 11.7 Å². The van der Waals surface area contributed by atoms with Crippen molar-refractivity contribution in [2.24, 2.45) is 0 Å². The molecule has 1 saturated carbocycles. The maximum Gasteiger partial charge on any atom is 0.416 e. The standard InChI is InChI=1S/C15H15F3N2OS/c16-15(17,18)11-4-3-5-12(8-11)22-9-13(21)20-14(10-19)6-1-2-7-14/h3-5,8H,1-2,6-7,9H2,(H,20,21). The van der Waals surface area contributed by atoms with Gasteiger partial charge in [0.2, 0.25) is 5.91 Å². The monoisotopic (exact) mass is 328 g/mol. The lowest BCUT2D eigenvalue weighted by Gasteiger charge is -2.21. The summed E-state index contributed by atoms with van der Waals surface area (Å²) in [5.41, 5.74) is -1.53. The van der Waals surface area contributed by atoms with Gasteiger partial charge in [-0.1, -0.05) is 6.07 Å². The Morgan fingerprint density at radius 3 is 2.64 bits per heavy atom. The quantitative estimate of drug-likeness (QED) is 0.857. The zero-order chi connectivity index (χ0) is 16.2. The first-order valence-corrected chi connectivity index (χ1v) is 7.86. The molecule has 1 aliphatic carbocycles. The number of nitrogens with one attached hydrogen (secondary N) is 1. The molecular formula is C15H15F3N2OS. The van der Waals surface area contributed by atoms with Crippen molar-refractivity contribution in [2.45, 2.75) is 42.3 Å². The molecule has 22 heavy (non-hydrogen) atoms. The number of carbonyl (C=O) groups is 1. The summed E-state index contributed by atoms with van der Waals surface area (Å²) in [6.07, 6.45) is -1.34. The zero-order valence-corrected chi connectivity index (χ0v) is 12.6. The molecule has 0 radical (unpaired) electrons. The maximum absolute atomic E-state index is 12.6. The Kier molecular flexibility index (Phi) is 5.01. The molecule has 1 amide bonds. The molecule has 118 valence electrons. The average molecular weight is 328 g/mol. The molecule has 0 aliphatic heterocycles. The van der Waals surface area contributed by atoms with Crippen LogP contribution < -0.4 is 5.32 Å². The molecule has 1 aromatic carbocycles. The van der Waals surface area contributed by atoms with E-state index in [1.807, 2.05) is 0 Å². The first-order valence-electron chi connectivity index (χ1n) is 6.87. The third-order valence-corrected chi connectivity index (χ3v) is 4.57. The lowest BCUT2D eigenvalue weighted by Crippen LogP contribution is -2.45. The minimum absolute atomic E-state index is 0.00919. The molecule has 0 saturated heterocycles. The Bertz CT molecular complexity index is 589. The lowest BCUT2D eigenvalue weighted by molar-refractivity contribution is -0.137. The first kappa shape index (κ1) is 16.7. The Hall–Kier alpha value is -1.68. The Labute approximate surface area is 130 Å². The molecule has 0 spiro atoms. The van der Waals surface area contributed by atoms with Crippen molar-refractivity contribution in [2.75, 3.05) is 5.75 Å². The van der Waals surface area contributed by atoms with Crippen LogP contribution in [0.5, 0.6) is 0 Å². The van der Waals surface area contributed by atoms with E-state index in [4.69, 9.17) is 0 Å². The summed E-state index contributed by atoms with van der Waals surface area (Å²) < 4.78 is 37.8. The van der Waals surface area contributed by atoms with E-state index in [9.17, 15) is 23.2 Å². The number of benzene rings is 1. The number of nitriles is 1. The summed E-state index contributed by atoms with van der Waals surface area (Å²) in [7, 11) is 0. The molecule has 7 heteroatoms. The van der Waals surface area contributed by atoms with Crippen molar-refractivity contribution in [3.63, 3.8) is 0 Å². The van der Waals surface area contributed by atoms with Crippen LogP contribution in [0.25, 0.3) is 0 Å². The number of alkyl halides is 3. The summed E-state index contributed by atoms with van der Waals surface area (Å²) in [6.45, 7) is 0. The van der Waals surface area contributed by atoms with E-state index in [1.165, 1.54) is 12.1 Å². The van der Waals surface area contributed by atoms with Gasteiger partial charge >= 0.3 is 6.18 Å². The number of hydrogen-bond acceptors (Lipinski definition) is 3. The van der Waals surface area contributed by atoms with Gasteiger partial charge < -0.3 is 5.32 Å². The van der Waals surface area contributed by atoms with Gasteiger partial charge in [0.05, 0.1) is 17.4 Å². The van der Waals surface area contributed by atoms with Crippen molar-refractivity contribution in [3.8, 4) is 6.07 Å². The van der Waals surface area contributed by atoms with Crippen LogP contribution in [0.4, 0.5) is 13.2 Å². The Balaban J connectivity index is 1.93. The van der Waals surface area contributed by atoms with Crippen molar-refractivity contribution >= 4 is 17.7 Å². The second kappa shape index (κ2) is 6.61. The largest absolute Gasteiger partial charge is 0.416 e. The smallest absolute Gasteiger partial charge is 0.337 e. The normalized spacial score (nSPS) is 17.0. The average Bonchev–Trinajstić information content (AvgIpc) is 2.94. The van der Waals surface area contributed by atoms with Crippen LogP contribution in [0.1, 0.15) is 31.2 Å². The highest BCUT2D eigenvalue weighted by Gasteiger charge is 2.35. The summed E-state index contributed by atoms with van der Waals surface area (Å²) >= 11 is 1.03. The molecule has 0 bridgehead atoms. The molecule has 1 fully saturated rings. The van der Waals surface area contributed by atoms with Gasteiger partial charge in [0.1, 0.15) is 5.54 Å². The highest BCUT2D eigenvalue weighted by molar-refractivity contribution is 8.00. The van der Waals surface area contributed by atoms with Gasteiger partial charge in [0.15, 0.2) is 0 Å². The van der Waals surface area contributed by atoms with Gasteiger partial charge in [-0.25, -0.2) is 0 Å². The van der Waals surface area contributed by atoms with E-state index in [0.717, 1.165) is 36.7 Å². The Morgan fingerprint density at radius 1 is 1.36 bits per heavy atom. The highest BCUT2D eigenvalue weighted by Crippen LogP contribution is 2.32. The molecule has 0 heterocycles. The fourth-order valence-electron chi connectivity index (χ4n) is 2.46.